The highest BCUT2D eigenvalue weighted by molar-refractivity contribution is 5.27. The molecule has 2 heteroatoms. The van der Waals surface area contributed by atoms with Crippen LogP contribution in [-0.2, 0) is 6.42 Å². The number of hydrogen-bond acceptors (Lipinski definition) is 2. The summed E-state index contributed by atoms with van der Waals surface area (Å²) >= 11 is 0. The Bertz CT molecular complexity index is 360. The second kappa shape index (κ2) is 6.24. The van der Waals surface area contributed by atoms with Crippen LogP contribution in [0.2, 0.25) is 0 Å². The van der Waals surface area contributed by atoms with Crippen molar-refractivity contribution in [3.05, 3.63) is 29.8 Å². The Balaban J connectivity index is 1.84. The van der Waals surface area contributed by atoms with Gasteiger partial charge in [-0.2, -0.15) is 0 Å². The van der Waals surface area contributed by atoms with Crippen molar-refractivity contribution >= 4 is 0 Å². The van der Waals surface area contributed by atoms with Gasteiger partial charge in [0.2, 0.25) is 0 Å². The van der Waals surface area contributed by atoms with Crippen molar-refractivity contribution < 1.29 is 4.74 Å². The molecule has 2 nitrogen and oxygen atoms in total. The van der Waals surface area contributed by atoms with Crippen LogP contribution >= 0.6 is 0 Å². The van der Waals surface area contributed by atoms with Gasteiger partial charge in [-0.25, -0.2) is 0 Å². The summed E-state index contributed by atoms with van der Waals surface area (Å²) in [7, 11) is 1.71. The van der Waals surface area contributed by atoms with Gasteiger partial charge < -0.3 is 10.1 Å². The Morgan fingerprint density at radius 3 is 2.50 bits per heavy atom. The molecule has 0 aromatic heterocycles. The Morgan fingerprint density at radius 1 is 1.33 bits per heavy atom. The number of rotatable bonds is 7. The quantitative estimate of drug-likeness (QED) is 0.798. The summed E-state index contributed by atoms with van der Waals surface area (Å²) in [6, 6.07) is 9.16. The van der Waals surface area contributed by atoms with Crippen molar-refractivity contribution in [2.75, 3.05) is 13.7 Å². The lowest BCUT2D eigenvalue weighted by molar-refractivity contribution is 0.414. The second-order valence-corrected chi connectivity index (χ2v) is 5.43. The topological polar surface area (TPSA) is 21.3 Å². The molecule has 100 valence electrons. The van der Waals surface area contributed by atoms with E-state index in [9.17, 15) is 0 Å². The van der Waals surface area contributed by atoms with Gasteiger partial charge in [-0.1, -0.05) is 26.0 Å². The van der Waals surface area contributed by atoms with Crippen molar-refractivity contribution in [3.63, 3.8) is 0 Å². The summed E-state index contributed by atoms with van der Waals surface area (Å²) in [4.78, 5) is 0. The van der Waals surface area contributed by atoms with Gasteiger partial charge in [-0.3, -0.25) is 0 Å². The largest absolute Gasteiger partial charge is 0.497 e. The van der Waals surface area contributed by atoms with Crippen LogP contribution in [-0.4, -0.2) is 19.7 Å². The summed E-state index contributed by atoms with van der Waals surface area (Å²) in [5, 5.41) is 3.64. The number of nitrogens with one attached hydrogen (secondary N) is 1. The molecule has 0 heterocycles. The average molecular weight is 247 g/mol. The highest BCUT2D eigenvalue weighted by atomic mass is 16.5. The minimum atomic E-state index is 0.701. The van der Waals surface area contributed by atoms with Gasteiger partial charge in [0.1, 0.15) is 5.75 Å². The molecule has 1 aliphatic carbocycles. The fraction of sp³-hybridized carbons (Fsp3) is 0.625. The Hall–Kier alpha value is -1.02. The molecule has 1 fully saturated rings. The third-order valence-electron chi connectivity index (χ3n) is 4.06. The molecule has 18 heavy (non-hydrogen) atoms. The first kappa shape index (κ1) is 13.4. The molecule has 3 atom stereocenters. The SMILES string of the molecule is CCNC(CCc1ccc(OC)cc1)C1CC1C. The van der Waals surface area contributed by atoms with Crippen molar-refractivity contribution in [2.24, 2.45) is 11.8 Å². The Labute approximate surface area is 111 Å². The van der Waals surface area contributed by atoms with Crippen molar-refractivity contribution in [2.45, 2.75) is 39.2 Å². The molecule has 1 N–H and O–H groups in total. The highest BCUT2D eigenvalue weighted by Gasteiger charge is 2.38. The molecule has 1 aromatic rings. The van der Waals surface area contributed by atoms with Gasteiger partial charge in [0.05, 0.1) is 7.11 Å². The van der Waals surface area contributed by atoms with Crippen molar-refractivity contribution in [1.29, 1.82) is 0 Å². The molecule has 0 aliphatic heterocycles. The molecule has 1 saturated carbocycles. The molecular weight excluding hydrogens is 222 g/mol. The smallest absolute Gasteiger partial charge is 0.118 e. The Kier molecular flexibility index (Phi) is 4.65. The summed E-state index contributed by atoms with van der Waals surface area (Å²) in [5.41, 5.74) is 1.41. The molecule has 0 saturated heterocycles. The van der Waals surface area contributed by atoms with E-state index < -0.39 is 0 Å². The van der Waals surface area contributed by atoms with Gasteiger partial charge in [0, 0.05) is 6.04 Å². The molecule has 0 radical (unpaired) electrons. The second-order valence-electron chi connectivity index (χ2n) is 5.43. The van der Waals surface area contributed by atoms with Crippen LogP contribution in [0.3, 0.4) is 0 Å². The van der Waals surface area contributed by atoms with Gasteiger partial charge in [-0.05, 0) is 55.3 Å². The lowest BCUT2D eigenvalue weighted by Crippen LogP contribution is -2.31. The van der Waals surface area contributed by atoms with E-state index in [0.717, 1.165) is 30.6 Å². The molecule has 1 aromatic carbocycles. The van der Waals surface area contributed by atoms with E-state index in [1.165, 1.54) is 18.4 Å². The van der Waals surface area contributed by atoms with Gasteiger partial charge >= 0.3 is 0 Å². The number of ether oxygens (including phenoxy) is 1. The standard InChI is InChI=1S/C16H25NO/c1-4-17-16(15-11-12(15)2)10-7-13-5-8-14(18-3)9-6-13/h5-6,8-9,12,15-17H,4,7,10-11H2,1-3H3. The number of hydrogen-bond donors (Lipinski definition) is 1. The van der Waals surface area contributed by atoms with Crippen LogP contribution in [0.1, 0.15) is 32.3 Å². The van der Waals surface area contributed by atoms with Crippen molar-refractivity contribution in [3.8, 4) is 5.75 Å². The first-order chi connectivity index (χ1) is 8.74. The van der Waals surface area contributed by atoms with Gasteiger partial charge in [0.15, 0.2) is 0 Å². The highest BCUT2D eigenvalue weighted by Crippen LogP contribution is 2.41. The summed E-state index contributed by atoms with van der Waals surface area (Å²) in [6.45, 7) is 5.65. The summed E-state index contributed by atoms with van der Waals surface area (Å²) in [5.74, 6) is 2.77. The first-order valence-corrected chi connectivity index (χ1v) is 7.11. The van der Waals surface area contributed by atoms with E-state index in [1.807, 2.05) is 0 Å². The lowest BCUT2D eigenvalue weighted by Gasteiger charge is -2.17. The van der Waals surface area contributed by atoms with Gasteiger partial charge in [-0.15, -0.1) is 0 Å². The fourth-order valence-corrected chi connectivity index (χ4v) is 2.76. The molecule has 0 spiro atoms. The third kappa shape index (κ3) is 3.49. The zero-order chi connectivity index (χ0) is 13.0. The van der Waals surface area contributed by atoms with E-state index in [0.29, 0.717) is 6.04 Å². The number of aryl methyl sites for hydroxylation is 1. The number of methoxy groups -OCH3 is 1. The van der Waals surface area contributed by atoms with E-state index in [1.54, 1.807) is 7.11 Å². The minimum absolute atomic E-state index is 0.701. The predicted octanol–water partition coefficient (Wildman–Crippen LogP) is 3.26. The third-order valence-corrected chi connectivity index (χ3v) is 4.06. The maximum absolute atomic E-state index is 5.18. The predicted molar refractivity (Wildman–Crippen MR) is 76.1 cm³/mol. The zero-order valence-corrected chi connectivity index (χ0v) is 11.8. The normalized spacial score (nSPS) is 23.7. The average Bonchev–Trinajstić information content (AvgIpc) is 3.12. The van der Waals surface area contributed by atoms with Crippen LogP contribution in [0.15, 0.2) is 24.3 Å². The molecule has 1 aliphatic rings. The van der Waals surface area contributed by atoms with Crippen LogP contribution in [0.4, 0.5) is 0 Å². The summed E-state index contributed by atoms with van der Waals surface area (Å²) < 4.78 is 5.18. The first-order valence-electron chi connectivity index (χ1n) is 7.11. The minimum Gasteiger partial charge on any atom is -0.497 e. The monoisotopic (exact) mass is 247 g/mol. The van der Waals surface area contributed by atoms with Gasteiger partial charge in [0.25, 0.3) is 0 Å². The van der Waals surface area contributed by atoms with Crippen LogP contribution in [0, 0.1) is 11.8 Å². The summed E-state index contributed by atoms with van der Waals surface area (Å²) in [6.07, 6.45) is 3.81. The maximum atomic E-state index is 5.18. The van der Waals surface area contributed by atoms with Crippen molar-refractivity contribution in [1.82, 2.24) is 5.32 Å². The van der Waals surface area contributed by atoms with E-state index in [-0.39, 0.29) is 0 Å². The molecule has 3 unspecified atom stereocenters. The zero-order valence-electron chi connectivity index (χ0n) is 11.8. The lowest BCUT2D eigenvalue weighted by atomic mass is 10.0. The molecule has 2 rings (SSSR count). The molecule has 0 amide bonds. The van der Waals surface area contributed by atoms with E-state index >= 15 is 0 Å². The van der Waals surface area contributed by atoms with E-state index in [4.69, 9.17) is 4.74 Å². The van der Waals surface area contributed by atoms with Crippen LogP contribution in [0.25, 0.3) is 0 Å². The number of benzene rings is 1. The van der Waals surface area contributed by atoms with Crippen LogP contribution < -0.4 is 10.1 Å². The molecule has 0 bridgehead atoms. The maximum Gasteiger partial charge on any atom is 0.118 e. The molecular formula is C16H25NO. The fourth-order valence-electron chi connectivity index (χ4n) is 2.76. The Morgan fingerprint density at radius 2 is 2.00 bits per heavy atom. The van der Waals surface area contributed by atoms with Crippen LogP contribution in [0.5, 0.6) is 5.75 Å². The van der Waals surface area contributed by atoms with E-state index in [2.05, 4.69) is 43.4 Å².